The van der Waals surface area contributed by atoms with Crippen molar-refractivity contribution < 1.29 is 18.0 Å². The maximum atomic E-state index is 14.1. The van der Waals surface area contributed by atoms with E-state index in [4.69, 9.17) is 34.8 Å². The van der Waals surface area contributed by atoms with Gasteiger partial charge in [0.05, 0.1) is 15.6 Å². The molecular weight excluding hydrogens is 617 g/mol. The van der Waals surface area contributed by atoms with Gasteiger partial charge in [-0.2, -0.15) is 0 Å². The zero-order valence-electron chi connectivity index (χ0n) is 23.5. The summed E-state index contributed by atoms with van der Waals surface area (Å²) in [5.74, 6) is -0.890. The molecule has 11 heteroatoms. The Morgan fingerprint density at radius 3 is 2.26 bits per heavy atom. The highest BCUT2D eigenvalue weighted by atomic mass is 35.5. The van der Waals surface area contributed by atoms with Gasteiger partial charge in [0, 0.05) is 22.6 Å². The summed E-state index contributed by atoms with van der Waals surface area (Å²) in [5, 5.41) is 3.92. The number of aryl methyl sites for hydroxylation is 1. The normalized spacial score (nSPS) is 14.7. The number of nitrogens with one attached hydrogen (secondary N) is 1. The first-order valence-corrected chi connectivity index (χ1v) is 16.4. The number of sulfonamides is 1. The maximum absolute atomic E-state index is 14.1. The number of halogens is 3. The van der Waals surface area contributed by atoms with Crippen molar-refractivity contribution in [3.63, 3.8) is 0 Å². The average molecular weight is 651 g/mol. The van der Waals surface area contributed by atoms with Crippen molar-refractivity contribution in [3.8, 4) is 0 Å². The molecule has 224 valence electrons. The largest absolute Gasteiger partial charge is 0.352 e. The molecule has 7 nitrogen and oxygen atoms in total. The average Bonchev–Trinajstić information content (AvgIpc) is 2.96. The Balaban J connectivity index is 1.71. The molecule has 1 atom stereocenters. The van der Waals surface area contributed by atoms with Crippen LogP contribution in [0.15, 0.2) is 71.6 Å². The number of nitrogens with zero attached hydrogens (tertiary/aromatic N) is 2. The van der Waals surface area contributed by atoms with E-state index in [0.29, 0.717) is 10.6 Å². The van der Waals surface area contributed by atoms with Crippen molar-refractivity contribution in [2.45, 2.75) is 69.5 Å². The second-order valence-electron chi connectivity index (χ2n) is 10.6. The molecule has 0 bridgehead atoms. The molecule has 3 aromatic rings. The molecule has 4 rings (SSSR count). The van der Waals surface area contributed by atoms with Crippen LogP contribution in [0.2, 0.25) is 15.1 Å². The van der Waals surface area contributed by atoms with Crippen LogP contribution in [0.25, 0.3) is 0 Å². The van der Waals surface area contributed by atoms with Crippen molar-refractivity contribution in [2.75, 3.05) is 10.8 Å². The number of hydrogen-bond acceptors (Lipinski definition) is 4. The molecule has 1 saturated carbocycles. The fourth-order valence-electron chi connectivity index (χ4n) is 5.01. The van der Waals surface area contributed by atoms with E-state index >= 15 is 0 Å². The lowest BCUT2D eigenvalue weighted by molar-refractivity contribution is -0.139. The molecule has 0 saturated heterocycles. The first-order chi connectivity index (χ1) is 20.0. The topological polar surface area (TPSA) is 86.8 Å². The Morgan fingerprint density at radius 2 is 1.60 bits per heavy atom. The zero-order valence-corrected chi connectivity index (χ0v) is 26.6. The standard InChI is InChI=1S/C31H34Cl3N3O4S/c1-21-11-14-27(15-12-21)42(40,41)37(29-18-25(33)13-16-28(29)34)20-30(38)36(19-23-7-6-8-24(32)17-23)22(2)31(39)35-26-9-4-3-5-10-26/h6-8,11-18,22,26H,3-5,9-10,19-20H2,1-2H3,(H,35,39)/t22-/m0/s1. The molecule has 0 radical (unpaired) electrons. The van der Waals surface area contributed by atoms with E-state index in [-0.39, 0.29) is 39.1 Å². The van der Waals surface area contributed by atoms with Crippen molar-refractivity contribution in [1.82, 2.24) is 10.2 Å². The second-order valence-corrected chi connectivity index (χ2v) is 13.7. The summed E-state index contributed by atoms with van der Waals surface area (Å²) < 4.78 is 28.9. The van der Waals surface area contributed by atoms with Gasteiger partial charge < -0.3 is 10.2 Å². The summed E-state index contributed by atoms with van der Waals surface area (Å²) in [6.07, 6.45) is 4.99. The van der Waals surface area contributed by atoms with E-state index in [1.54, 1.807) is 43.3 Å². The molecule has 1 aliphatic rings. The molecule has 1 fully saturated rings. The first-order valence-electron chi connectivity index (χ1n) is 13.8. The minimum absolute atomic E-state index is 0.0126. The van der Waals surface area contributed by atoms with Crippen molar-refractivity contribution >= 4 is 62.3 Å². The number of carbonyl (C=O) groups excluding carboxylic acids is 2. The summed E-state index contributed by atoms with van der Waals surface area (Å²) in [4.78, 5) is 28.9. The van der Waals surface area contributed by atoms with Crippen molar-refractivity contribution in [3.05, 3.63) is 92.9 Å². The van der Waals surface area contributed by atoms with Gasteiger partial charge >= 0.3 is 0 Å². The van der Waals surface area contributed by atoms with E-state index < -0.39 is 28.5 Å². The molecule has 1 aliphatic carbocycles. The molecule has 42 heavy (non-hydrogen) atoms. The van der Waals surface area contributed by atoms with Crippen molar-refractivity contribution in [2.24, 2.45) is 0 Å². The van der Waals surface area contributed by atoms with Gasteiger partial charge in [-0.25, -0.2) is 8.42 Å². The third-order valence-corrected chi connectivity index (χ3v) is 9.99. The third-order valence-electron chi connectivity index (χ3n) is 7.43. The molecule has 0 aromatic heterocycles. The van der Waals surface area contributed by atoms with Gasteiger partial charge in [0.25, 0.3) is 10.0 Å². The Kier molecular flexibility index (Phi) is 10.8. The lowest BCUT2D eigenvalue weighted by Gasteiger charge is -2.33. The van der Waals surface area contributed by atoms with Crippen LogP contribution in [-0.2, 0) is 26.2 Å². The Bertz CT molecular complexity index is 1530. The minimum Gasteiger partial charge on any atom is -0.352 e. The molecule has 0 unspecified atom stereocenters. The summed E-state index contributed by atoms with van der Waals surface area (Å²) >= 11 is 18.9. The van der Waals surface area contributed by atoms with Crippen LogP contribution in [0.3, 0.4) is 0 Å². The second kappa shape index (κ2) is 14.1. The van der Waals surface area contributed by atoms with E-state index in [9.17, 15) is 18.0 Å². The fraction of sp³-hybridized carbons (Fsp3) is 0.355. The number of anilines is 1. The molecular formula is C31H34Cl3N3O4S. The predicted molar refractivity (Wildman–Crippen MR) is 169 cm³/mol. The van der Waals surface area contributed by atoms with Crippen LogP contribution in [-0.4, -0.2) is 43.8 Å². The van der Waals surface area contributed by atoms with Gasteiger partial charge in [0.1, 0.15) is 12.6 Å². The number of carbonyl (C=O) groups is 2. The molecule has 1 N–H and O–H groups in total. The number of hydrogen-bond donors (Lipinski definition) is 1. The zero-order chi connectivity index (χ0) is 30.4. The quantitative estimate of drug-likeness (QED) is 0.256. The first kappa shape index (κ1) is 32.1. The highest BCUT2D eigenvalue weighted by molar-refractivity contribution is 7.92. The molecule has 2 amide bonds. The highest BCUT2D eigenvalue weighted by Crippen LogP contribution is 2.33. The van der Waals surface area contributed by atoms with Crippen LogP contribution in [0.4, 0.5) is 5.69 Å². The molecule has 0 spiro atoms. The van der Waals surface area contributed by atoms with Crippen LogP contribution in [0.1, 0.15) is 50.2 Å². The number of benzene rings is 3. The Labute approximate surface area is 262 Å². The SMILES string of the molecule is Cc1ccc(S(=O)(=O)N(CC(=O)N(Cc2cccc(Cl)c2)[C@@H](C)C(=O)NC2CCCCC2)c2cc(Cl)ccc2Cl)cc1. The minimum atomic E-state index is -4.27. The molecule has 0 heterocycles. The van der Waals surface area contributed by atoms with Crippen molar-refractivity contribution in [1.29, 1.82) is 0 Å². The van der Waals surface area contributed by atoms with Crippen LogP contribution >= 0.6 is 34.8 Å². The lowest BCUT2D eigenvalue weighted by atomic mass is 9.95. The van der Waals surface area contributed by atoms with Gasteiger partial charge in [-0.3, -0.25) is 13.9 Å². The summed E-state index contributed by atoms with van der Waals surface area (Å²) in [7, 11) is -4.27. The Morgan fingerprint density at radius 1 is 0.929 bits per heavy atom. The number of rotatable bonds is 10. The smallest absolute Gasteiger partial charge is 0.264 e. The number of amides is 2. The van der Waals surface area contributed by atoms with Gasteiger partial charge in [-0.05, 0) is 74.7 Å². The van der Waals surface area contributed by atoms with Gasteiger partial charge in [-0.1, -0.05) is 83.9 Å². The maximum Gasteiger partial charge on any atom is 0.264 e. The summed E-state index contributed by atoms with van der Waals surface area (Å²) in [6.45, 7) is 2.92. The van der Waals surface area contributed by atoms with E-state index in [1.807, 2.05) is 6.92 Å². The van der Waals surface area contributed by atoms with E-state index in [2.05, 4.69) is 5.32 Å². The van der Waals surface area contributed by atoms with E-state index in [0.717, 1.165) is 42.0 Å². The predicted octanol–water partition coefficient (Wildman–Crippen LogP) is 7.02. The summed E-state index contributed by atoms with van der Waals surface area (Å²) in [6, 6.07) is 16.9. The third kappa shape index (κ3) is 7.98. The molecule has 0 aliphatic heterocycles. The van der Waals surface area contributed by atoms with Crippen LogP contribution < -0.4 is 9.62 Å². The molecule has 3 aromatic carbocycles. The summed E-state index contributed by atoms with van der Waals surface area (Å²) in [5.41, 5.74) is 1.63. The lowest BCUT2D eigenvalue weighted by Crippen LogP contribution is -2.53. The van der Waals surface area contributed by atoms with Gasteiger partial charge in [-0.15, -0.1) is 0 Å². The van der Waals surface area contributed by atoms with Crippen LogP contribution in [0.5, 0.6) is 0 Å². The monoisotopic (exact) mass is 649 g/mol. The fourth-order valence-corrected chi connectivity index (χ4v) is 7.08. The van der Waals surface area contributed by atoms with E-state index in [1.165, 1.54) is 35.2 Å². The van der Waals surface area contributed by atoms with Gasteiger partial charge in [0.2, 0.25) is 11.8 Å². The Hall–Kier alpha value is -2.78. The highest BCUT2D eigenvalue weighted by Gasteiger charge is 2.34. The van der Waals surface area contributed by atoms with Crippen LogP contribution in [0, 0.1) is 6.92 Å². The van der Waals surface area contributed by atoms with Gasteiger partial charge in [0.15, 0.2) is 0 Å².